The van der Waals surface area contributed by atoms with Crippen LogP contribution in [0.4, 0.5) is 0 Å². The fourth-order valence-corrected chi connectivity index (χ4v) is 10.1. The van der Waals surface area contributed by atoms with E-state index in [1.54, 1.807) is 0 Å². The van der Waals surface area contributed by atoms with Crippen molar-refractivity contribution in [1.82, 2.24) is 0 Å². The maximum atomic E-state index is 13.2. The molecule has 3 aliphatic carbocycles. The summed E-state index contributed by atoms with van der Waals surface area (Å²) in [6, 6.07) is 39.4. The summed E-state index contributed by atoms with van der Waals surface area (Å²) >= 11 is 14.3. The van der Waals surface area contributed by atoms with Crippen LogP contribution >= 0.6 is 63.7 Å². The Morgan fingerprint density at radius 3 is 1.55 bits per heavy atom. The fraction of sp³-hybridized carbons (Fsp3) is 0.152. The largest absolute Gasteiger partial charge is 1.00 e. The molecule has 1 nitrogen and oxygen atoms in total. The van der Waals surface area contributed by atoms with Crippen LogP contribution in [-0.4, -0.2) is 14.2 Å². The van der Waals surface area contributed by atoms with Gasteiger partial charge in [-0.05, 0) is 169 Å². The van der Waals surface area contributed by atoms with E-state index in [0.29, 0.717) is 0 Å². The summed E-state index contributed by atoms with van der Waals surface area (Å²) < 4.78 is 4.31. The van der Waals surface area contributed by atoms with Crippen LogP contribution in [0.15, 0.2) is 127 Å². The Kier molecular flexibility index (Phi) is 10.3. The Hall–Kier alpha value is -2.29. The average Bonchev–Trinajstić information content (AvgIpc) is 3.44. The number of fused-ring (bicyclic) bond motifs is 10. The number of ketones is 1. The number of carbonyl (C=O) groups excluding carboxylic acids is 1. The summed E-state index contributed by atoms with van der Waals surface area (Å²) in [6.45, 7) is 9.14. The summed E-state index contributed by atoms with van der Waals surface area (Å²) in [4.78, 5) is 13.2. The SMILES string of the molecule is CC1(C)c2cc(Br)ccc2-c2cc3c(cc21)C(=O)c1cc(Br)ccc1C3.CC1(C)c2cc(Br)ccc2-c2cc3cc4ccc(Br)cc4cc3cc21.[B].[H-].[Na+]. The molecule has 0 atom stereocenters. The second-order valence-electron chi connectivity index (χ2n) is 15.1. The molecule has 255 valence electrons. The third kappa shape index (κ3) is 6.33. The number of carbonyl (C=O) groups is 1. The van der Waals surface area contributed by atoms with E-state index < -0.39 is 0 Å². The minimum atomic E-state index is -0.110. The molecule has 7 aromatic carbocycles. The van der Waals surface area contributed by atoms with Gasteiger partial charge in [0.1, 0.15) is 0 Å². The molecule has 10 rings (SSSR count). The molecule has 0 unspecified atom stereocenters. The van der Waals surface area contributed by atoms with E-state index in [1.165, 1.54) is 66.1 Å². The summed E-state index contributed by atoms with van der Waals surface area (Å²) in [5.41, 5.74) is 14.5. The zero-order chi connectivity index (χ0) is 35.6. The van der Waals surface area contributed by atoms with Crippen molar-refractivity contribution in [2.75, 3.05) is 0 Å². The van der Waals surface area contributed by atoms with Crippen LogP contribution < -0.4 is 29.6 Å². The molecule has 0 saturated heterocycles. The number of benzene rings is 7. The predicted octanol–water partition coefficient (Wildman–Crippen LogP) is 11.2. The molecule has 0 amide bonds. The predicted molar refractivity (Wildman–Crippen MR) is 233 cm³/mol. The molecular formula is C46H33BBr4NaO. The van der Waals surface area contributed by atoms with Crippen LogP contribution in [0.25, 0.3) is 43.8 Å². The van der Waals surface area contributed by atoms with Gasteiger partial charge in [-0.3, -0.25) is 4.79 Å². The Morgan fingerprint density at radius 1 is 0.434 bits per heavy atom. The molecule has 0 fully saturated rings. The standard InChI is InChI=1S/C23H16Br2O.C23H16Br2.B.Na.H/c1-23(2)20-10-15(25)5-6-16(20)19-8-13-7-12-3-4-14(24)9-17(12)22(26)18(13)11-21(19)23;1-23(2)21-11-16-8-14-9-17(24)4-3-13(14)7-15(16)10-20(21)19-6-5-18(25)12-22(19)23;;;/h3-6,8-11H,7H2,1-2H3;3-12H,1-2H3;;;/q;;;+1;-1. The van der Waals surface area contributed by atoms with Crippen molar-refractivity contribution in [3.8, 4) is 22.3 Å². The monoisotopic (exact) mass is 951 g/mol. The molecule has 0 bridgehead atoms. The van der Waals surface area contributed by atoms with Gasteiger partial charge in [0, 0.05) is 48.3 Å². The minimum absolute atomic E-state index is 0. The van der Waals surface area contributed by atoms with Crippen LogP contribution in [0, 0.1) is 0 Å². The molecule has 0 N–H and O–H groups in total. The summed E-state index contributed by atoms with van der Waals surface area (Å²) in [7, 11) is 0. The van der Waals surface area contributed by atoms with Gasteiger partial charge in [0.2, 0.25) is 0 Å². The molecule has 7 heteroatoms. The minimum Gasteiger partial charge on any atom is -1.00 e. The number of hydrogen-bond donors (Lipinski definition) is 0. The first-order valence-corrected chi connectivity index (χ1v) is 20.3. The van der Waals surface area contributed by atoms with Crippen LogP contribution in [-0.2, 0) is 17.3 Å². The summed E-state index contributed by atoms with van der Waals surface area (Å²) in [5, 5.41) is 5.17. The van der Waals surface area contributed by atoms with Gasteiger partial charge in [-0.1, -0.05) is 116 Å². The van der Waals surface area contributed by atoms with E-state index in [-0.39, 0.29) is 56.0 Å². The number of halogens is 4. The van der Waals surface area contributed by atoms with Gasteiger partial charge < -0.3 is 1.43 Å². The maximum absolute atomic E-state index is 13.2. The van der Waals surface area contributed by atoms with Gasteiger partial charge >= 0.3 is 29.6 Å². The van der Waals surface area contributed by atoms with Gasteiger partial charge in [0.05, 0.1) is 0 Å². The van der Waals surface area contributed by atoms with Gasteiger partial charge in [-0.15, -0.1) is 0 Å². The zero-order valence-corrected chi connectivity index (χ0v) is 38.4. The summed E-state index contributed by atoms with van der Waals surface area (Å²) in [6.07, 6.45) is 0.809. The molecular weight excluding hydrogens is 922 g/mol. The Bertz CT molecular complexity index is 2700. The van der Waals surface area contributed by atoms with Crippen molar-refractivity contribution in [3.63, 3.8) is 0 Å². The molecule has 0 spiro atoms. The molecule has 0 aromatic heterocycles. The zero-order valence-electron chi connectivity index (χ0n) is 31.1. The Labute approximate surface area is 370 Å². The first kappa shape index (κ1) is 39.0. The van der Waals surface area contributed by atoms with E-state index in [2.05, 4.69) is 188 Å². The second kappa shape index (κ2) is 14.0. The normalized spacial score (nSPS) is 14.8. The Morgan fingerprint density at radius 2 is 0.887 bits per heavy atom. The van der Waals surface area contributed by atoms with Crippen molar-refractivity contribution < 1.29 is 35.8 Å². The molecule has 3 radical (unpaired) electrons. The molecule has 7 aromatic rings. The molecule has 3 aliphatic rings. The van der Waals surface area contributed by atoms with Gasteiger partial charge in [0.15, 0.2) is 5.78 Å². The topological polar surface area (TPSA) is 17.1 Å². The second-order valence-corrected chi connectivity index (χ2v) is 18.7. The van der Waals surface area contributed by atoms with E-state index in [1.807, 2.05) is 12.1 Å². The smallest absolute Gasteiger partial charge is 1.00 e. The van der Waals surface area contributed by atoms with Crippen LogP contribution in [0.2, 0.25) is 0 Å². The van der Waals surface area contributed by atoms with Crippen molar-refractivity contribution in [2.24, 2.45) is 0 Å². The third-order valence-corrected chi connectivity index (χ3v) is 13.3. The van der Waals surface area contributed by atoms with Gasteiger partial charge in [-0.2, -0.15) is 0 Å². The van der Waals surface area contributed by atoms with E-state index in [9.17, 15) is 4.79 Å². The summed E-state index contributed by atoms with van der Waals surface area (Å²) in [5.74, 6) is 0.137. The third-order valence-electron chi connectivity index (χ3n) is 11.3. The van der Waals surface area contributed by atoms with E-state index >= 15 is 0 Å². The average molecular weight is 955 g/mol. The quantitative estimate of drug-likeness (QED) is 0.109. The van der Waals surface area contributed by atoms with Crippen molar-refractivity contribution in [1.29, 1.82) is 0 Å². The molecule has 53 heavy (non-hydrogen) atoms. The Balaban J connectivity index is 0.000000175. The number of rotatable bonds is 0. The maximum Gasteiger partial charge on any atom is 1.00 e. The molecule has 0 heterocycles. The van der Waals surface area contributed by atoms with Gasteiger partial charge in [-0.25, -0.2) is 0 Å². The van der Waals surface area contributed by atoms with Crippen molar-refractivity contribution >= 4 is 99.5 Å². The first-order valence-electron chi connectivity index (χ1n) is 17.1. The van der Waals surface area contributed by atoms with Crippen LogP contribution in [0.1, 0.15) is 78.4 Å². The van der Waals surface area contributed by atoms with E-state index in [0.717, 1.165) is 46.6 Å². The van der Waals surface area contributed by atoms with E-state index in [4.69, 9.17) is 0 Å². The number of hydrogen-bond acceptors (Lipinski definition) is 1. The molecule has 0 aliphatic heterocycles. The van der Waals surface area contributed by atoms with Crippen LogP contribution in [0.3, 0.4) is 0 Å². The van der Waals surface area contributed by atoms with Gasteiger partial charge in [0.25, 0.3) is 0 Å². The van der Waals surface area contributed by atoms with Crippen LogP contribution in [0.5, 0.6) is 0 Å². The molecule has 0 saturated carbocycles. The van der Waals surface area contributed by atoms with Crippen molar-refractivity contribution in [3.05, 3.63) is 172 Å². The van der Waals surface area contributed by atoms with Crippen molar-refractivity contribution in [2.45, 2.75) is 44.9 Å². The fourth-order valence-electron chi connectivity index (χ4n) is 8.59. The first-order chi connectivity index (χ1) is 24.3.